The number of hydrogen-bond donors (Lipinski definition) is 0. The van der Waals surface area contributed by atoms with Crippen LogP contribution in [0.5, 0.6) is 0 Å². The van der Waals surface area contributed by atoms with E-state index in [1.54, 1.807) is 7.05 Å². The third kappa shape index (κ3) is 2.43. The van der Waals surface area contributed by atoms with E-state index >= 15 is 0 Å². The number of aromatic nitrogens is 2. The molecule has 0 unspecified atom stereocenters. The first-order chi connectivity index (χ1) is 8.52. The Morgan fingerprint density at radius 3 is 2.39 bits per heavy atom. The lowest BCUT2D eigenvalue weighted by Crippen LogP contribution is -2.42. The van der Waals surface area contributed by atoms with Crippen molar-refractivity contribution in [2.45, 2.75) is 6.54 Å². The summed E-state index contributed by atoms with van der Waals surface area (Å²) < 4.78 is 8.35. The van der Waals surface area contributed by atoms with Crippen LogP contribution in [0.1, 0.15) is 5.69 Å². The zero-order chi connectivity index (χ0) is 13.3. The van der Waals surface area contributed by atoms with Crippen molar-refractivity contribution in [3.63, 3.8) is 0 Å². The van der Waals surface area contributed by atoms with Gasteiger partial charge in [0.15, 0.2) is 0 Å². The summed E-state index contributed by atoms with van der Waals surface area (Å²) in [5.41, 5.74) is 0.123. The molecule has 0 atom stereocenters. The Bertz CT molecular complexity index is 521. The van der Waals surface area contributed by atoms with Gasteiger partial charge in [0.1, 0.15) is 4.47 Å². The van der Waals surface area contributed by atoms with E-state index in [1.165, 1.54) is 11.6 Å². The van der Waals surface area contributed by atoms with Gasteiger partial charge < -0.3 is 4.74 Å². The van der Waals surface area contributed by atoms with Crippen LogP contribution in [-0.4, -0.2) is 40.3 Å². The molecule has 0 aromatic carbocycles. The van der Waals surface area contributed by atoms with Crippen molar-refractivity contribution in [3.05, 3.63) is 31.0 Å². The van der Waals surface area contributed by atoms with Gasteiger partial charge in [0.2, 0.25) is 0 Å². The number of morpholine rings is 1. The van der Waals surface area contributed by atoms with Gasteiger partial charge in [-0.25, -0.2) is 4.79 Å². The molecule has 1 saturated heterocycles. The largest absolute Gasteiger partial charge is 0.379 e. The minimum absolute atomic E-state index is 0.290. The standard InChI is InChI=1S/C11H16BrN3O3/c1-13-8(7-15-3-5-18-6-4-15)9(12)10(16)14(2)11(13)17/h3-7H2,1-2H3. The molecule has 7 heteroatoms. The normalized spacial score (nSPS) is 17.1. The number of rotatable bonds is 2. The molecule has 1 aromatic heterocycles. The van der Waals surface area contributed by atoms with E-state index in [2.05, 4.69) is 20.8 Å². The Hall–Kier alpha value is -0.920. The summed E-state index contributed by atoms with van der Waals surface area (Å²) in [5, 5.41) is 0. The van der Waals surface area contributed by atoms with Crippen molar-refractivity contribution in [1.29, 1.82) is 0 Å². The molecule has 0 amide bonds. The lowest BCUT2D eigenvalue weighted by Gasteiger charge is -2.27. The monoisotopic (exact) mass is 317 g/mol. The minimum atomic E-state index is -0.300. The molecular weight excluding hydrogens is 302 g/mol. The first-order valence-corrected chi connectivity index (χ1v) is 6.56. The van der Waals surface area contributed by atoms with Crippen LogP contribution in [0.15, 0.2) is 14.1 Å². The number of ether oxygens (including phenoxy) is 1. The van der Waals surface area contributed by atoms with Crippen molar-refractivity contribution in [2.24, 2.45) is 14.1 Å². The van der Waals surface area contributed by atoms with E-state index in [1.807, 2.05) is 0 Å². The second-order valence-corrected chi connectivity index (χ2v) is 5.15. The Morgan fingerprint density at radius 2 is 1.78 bits per heavy atom. The van der Waals surface area contributed by atoms with Crippen LogP contribution in [-0.2, 0) is 25.4 Å². The predicted octanol–water partition coefficient (Wildman–Crippen LogP) is -0.321. The molecule has 100 valence electrons. The molecule has 2 heterocycles. The van der Waals surface area contributed by atoms with Gasteiger partial charge in [-0.15, -0.1) is 0 Å². The summed E-state index contributed by atoms with van der Waals surface area (Å²) in [7, 11) is 3.16. The molecule has 1 aliphatic heterocycles. The Kier molecular flexibility index (Phi) is 4.04. The Labute approximate surface area is 113 Å². The SMILES string of the molecule is Cn1c(CN2CCOCC2)c(Br)c(=O)n(C)c1=O. The fourth-order valence-corrected chi connectivity index (χ4v) is 2.65. The van der Waals surface area contributed by atoms with Crippen LogP contribution >= 0.6 is 15.9 Å². The third-order valence-corrected chi connectivity index (χ3v) is 4.00. The van der Waals surface area contributed by atoms with Crippen LogP contribution in [0.3, 0.4) is 0 Å². The Morgan fingerprint density at radius 1 is 1.17 bits per heavy atom. The quantitative estimate of drug-likeness (QED) is 0.750. The molecule has 0 saturated carbocycles. The molecule has 0 bridgehead atoms. The van der Waals surface area contributed by atoms with Crippen LogP contribution < -0.4 is 11.2 Å². The first kappa shape index (κ1) is 13.5. The minimum Gasteiger partial charge on any atom is -0.379 e. The lowest BCUT2D eigenvalue weighted by molar-refractivity contribution is 0.0329. The number of nitrogens with zero attached hydrogens (tertiary/aromatic N) is 3. The maximum Gasteiger partial charge on any atom is 0.330 e. The predicted molar refractivity (Wildman–Crippen MR) is 70.7 cm³/mol. The summed E-state index contributed by atoms with van der Waals surface area (Å²) in [5.74, 6) is 0. The molecule has 0 N–H and O–H groups in total. The zero-order valence-electron chi connectivity index (χ0n) is 10.5. The molecule has 18 heavy (non-hydrogen) atoms. The highest BCUT2D eigenvalue weighted by Gasteiger charge is 2.17. The molecule has 1 fully saturated rings. The van der Waals surface area contributed by atoms with Crippen LogP contribution in [0.2, 0.25) is 0 Å². The molecular formula is C11H16BrN3O3. The van der Waals surface area contributed by atoms with Gasteiger partial charge in [0.25, 0.3) is 5.56 Å². The highest BCUT2D eigenvalue weighted by atomic mass is 79.9. The first-order valence-electron chi connectivity index (χ1n) is 5.77. The molecule has 0 spiro atoms. The maximum absolute atomic E-state index is 11.9. The van der Waals surface area contributed by atoms with E-state index in [4.69, 9.17) is 4.74 Å². The zero-order valence-corrected chi connectivity index (χ0v) is 12.1. The lowest BCUT2D eigenvalue weighted by atomic mass is 10.3. The van der Waals surface area contributed by atoms with E-state index in [-0.39, 0.29) is 11.2 Å². The molecule has 2 rings (SSSR count). The van der Waals surface area contributed by atoms with Crippen LogP contribution in [0, 0.1) is 0 Å². The van der Waals surface area contributed by atoms with Gasteiger partial charge in [0.05, 0.1) is 18.9 Å². The van der Waals surface area contributed by atoms with Crippen molar-refractivity contribution >= 4 is 15.9 Å². The van der Waals surface area contributed by atoms with Gasteiger partial charge in [-0.3, -0.25) is 18.8 Å². The van der Waals surface area contributed by atoms with E-state index < -0.39 is 0 Å². The van der Waals surface area contributed by atoms with Crippen molar-refractivity contribution in [3.8, 4) is 0 Å². The van der Waals surface area contributed by atoms with Crippen LogP contribution in [0.25, 0.3) is 0 Å². The molecule has 1 aliphatic rings. The van der Waals surface area contributed by atoms with Gasteiger partial charge in [-0.2, -0.15) is 0 Å². The molecule has 0 radical (unpaired) electrons. The average Bonchev–Trinajstić information content (AvgIpc) is 2.40. The summed E-state index contributed by atoms with van der Waals surface area (Å²) in [6.07, 6.45) is 0. The number of halogens is 1. The fraction of sp³-hybridized carbons (Fsp3) is 0.636. The molecule has 6 nitrogen and oxygen atoms in total. The third-order valence-electron chi connectivity index (χ3n) is 3.20. The molecule has 1 aromatic rings. The van der Waals surface area contributed by atoms with E-state index in [0.29, 0.717) is 29.9 Å². The van der Waals surface area contributed by atoms with E-state index in [0.717, 1.165) is 17.7 Å². The topological polar surface area (TPSA) is 56.5 Å². The van der Waals surface area contributed by atoms with Crippen molar-refractivity contribution in [2.75, 3.05) is 26.3 Å². The van der Waals surface area contributed by atoms with E-state index in [9.17, 15) is 9.59 Å². The Balaban J connectivity index is 2.38. The van der Waals surface area contributed by atoms with Gasteiger partial charge >= 0.3 is 5.69 Å². The maximum atomic E-state index is 11.9. The van der Waals surface area contributed by atoms with Gasteiger partial charge in [-0.05, 0) is 15.9 Å². The highest BCUT2D eigenvalue weighted by Crippen LogP contribution is 2.12. The average molecular weight is 318 g/mol. The summed E-state index contributed by atoms with van der Waals surface area (Å²) in [6.45, 7) is 3.59. The second kappa shape index (κ2) is 5.38. The fourth-order valence-electron chi connectivity index (χ4n) is 1.99. The second-order valence-electron chi connectivity index (χ2n) is 4.35. The molecule has 0 aliphatic carbocycles. The van der Waals surface area contributed by atoms with Gasteiger partial charge in [-0.1, -0.05) is 0 Å². The number of hydrogen-bond acceptors (Lipinski definition) is 4. The van der Waals surface area contributed by atoms with Crippen LogP contribution in [0.4, 0.5) is 0 Å². The highest BCUT2D eigenvalue weighted by molar-refractivity contribution is 9.10. The summed E-state index contributed by atoms with van der Waals surface area (Å²) in [6, 6.07) is 0. The summed E-state index contributed by atoms with van der Waals surface area (Å²) in [4.78, 5) is 25.9. The van der Waals surface area contributed by atoms with Crippen molar-refractivity contribution < 1.29 is 4.74 Å². The van der Waals surface area contributed by atoms with Gasteiger partial charge in [0, 0.05) is 33.7 Å². The van der Waals surface area contributed by atoms with Crippen molar-refractivity contribution in [1.82, 2.24) is 14.0 Å². The summed E-state index contributed by atoms with van der Waals surface area (Å²) >= 11 is 3.29. The smallest absolute Gasteiger partial charge is 0.330 e.